The standard InChI is InChI=1S/C19H25N5O3S/c1-13-20-19-24(21-13)18(26)17(28-19)16(14-4-3-5-15(12-14)27-2)23-8-6-22(7-9-23)10-11-25/h3-5,12,16,25-26H,6-11H2,1-2H3. The summed E-state index contributed by atoms with van der Waals surface area (Å²) in [7, 11) is 1.66. The SMILES string of the molecule is COc1cccc(C(c2sc3nc(C)nn3c2O)N2CCN(CCO)CC2)c1. The second-order valence-electron chi connectivity index (χ2n) is 6.92. The number of aliphatic hydroxyl groups is 1. The average molecular weight is 404 g/mol. The van der Waals surface area contributed by atoms with Crippen molar-refractivity contribution >= 4 is 16.3 Å². The van der Waals surface area contributed by atoms with E-state index in [1.54, 1.807) is 7.11 Å². The number of piperazine rings is 1. The zero-order valence-electron chi connectivity index (χ0n) is 16.1. The lowest BCUT2D eigenvalue weighted by molar-refractivity contribution is 0.0945. The molecule has 0 radical (unpaired) electrons. The lowest BCUT2D eigenvalue weighted by atomic mass is 10.0. The van der Waals surface area contributed by atoms with Gasteiger partial charge in [0, 0.05) is 32.7 Å². The van der Waals surface area contributed by atoms with Gasteiger partial charge in [-0.25, -0.2) is 4.98 Å². The van der Waals surface area contributed by atoms with Crippen LogP contribution in [0.15, 0.2) is 24.3 Å². The largest absolute Gasteiger partial charge is 0.497 e. The number of aliphatic hydroxyl groups excluding tert-OH is 1. The van der Waals surface area contributed by atoms with E-state index in [-0.39, 0.29) is 18.5 Å². The highest BCUT2D eigenvalue weighted by molar-refractivity contribution is 7.17. The molecule has 28 heavy (non-hydrogen) atoms. The van der Waals surface area contributed by atoms with Gasteiger partial charge >= 0.3 is 0 Å². The zero-order chi connectivity index (χ0) is 19.7. The summed E-state index contributed by atoms with van der Waals surface area (Å²) in [5.41, 5.74) is 1.06. The molecule has 1 fully saturated rings. The number of fused-ring (bicyclic) bond motifs is 1. The molecule has 3 heterocycles. The van der Waals surface area contributed by atoms with Crippen molar-refractivity contribution in [1.82, 2.24) is 24.4 Å². The second-order valence-corrected chi connectivity index (χ2v) is 7.93. The monoisotopic (exact) mass is 403 g/mol. The van der Waals surface area contributed by atoms with E-state index in [1.165, 1.54) is 15.9 Å². The summed E-state index contributed by atoms with van der Waals surface area (Å²) in [5.74, 6) is 1.58. The molecule has 0 spiro atoms. The Morgan fingerprint density at radius 1 is 1.25 bits per heavy atom. The van der Waals surface area contributed by atoms with Crippen molar-refractivity contribution in [1.29, 1.82) is 0 Å². The Morgan fingerprint density at radius 3 is 2.71 bits per heavy atom. The highest BCUT2D eigenvalue weighted by Gasteiger charge is 2.31. The highest BCUT2D eigenvalue weighted by atomic mass is 32.1. The number of hydrogen-bond donors (Lipinski definition) is 2. The first-order valence-corrected chi connectivity index (χ1v) is 10.2. The third-order valence-corrected chi connectivity index (χ3v) is 6.22. The van der Waals surface area contributed by atoms with Crippen LogP contribution in [0.3, 0.4) is 0 Å². The number of benzene rings is 1. The van der Waals surface area contributed by atoms with Crippen LogP contribution in [0, 0.1) is 6.92 Å². The van der Waals surface area contributed by atoms with E-state index in [0.717, 1.165) is 42.4 Å². The van der Waals surface area contributed by atoms with Crippen LogP contribution in [0.5, 0.6) is 11.6 Å². The molecule has 1 aliphatic rings. The number of hydrogen-bond acceptors (Lipinski definition) is 8. The van der Waals surface area contributed by atoms with Crippen LogP contribution >= 0.6 is 11.3 Å². The molecule has 150 valence electrons. The van der Waals surface area contributed by atoms with Crippen LogP contribution in [0.2, 0.25) is 0 Å². The number of aromatic nitrogens is 3. The summed E-state index contributed by atoms with van der Waals surface area (Å²) in [4.78, 5) is 10.6. The van der Waals surface area contributed by atoms with Crippen LogP contribution < -0.4 is 4.74 Å². The second kappa shape index (κ2) is 8.04. The van der Waals surface area contributed by atoms with E-state index >= 15 is 0 Å². The number of nitrogens with zero attached hydrogens (tertiary/aromatic N) is 5. The quantitative estimate of drug-likeness (QED) is 0.645. The molecule has 1 atom stereocenters. The third kappa shape index (κ3) is 3.58. The Bertz CT molecular complexity index is 948. The number of rotatable bonds is 6. The zero-order valence-corrected chi connectivity index (χ0v) is 16.9. The molecule has 8 nitrogen and oxygen atoms in total. The van der Waals surface area contributed by atoms with Crippen LogP contribution in [0.25, 0.3) is 4.96 Å². The summed E-state index contributed by atoms with van der Waals surface area (Å²) in [6.07, 6.45) is 0. The minimum absolute atomic E-state index is 0.111. The number of thiazole rings is 1. The van der Waals surface area contributed by atoms with Crippen molar-refractivity contribution < 1.29 is 14.9 Å². The van der Waals surface area contributed by atoms with Gasteiger partial charge in [0.05, 0.1) is 24.6 Å². The van der Waals surface area contributed by atoms with E-state index in [1.807, 2.05) is 25.1 Å². The lowest BCUT2D eigenvalue weighted by Gasteiger charge is -2.39. The predicted octanol–water partition coefficient (Wildman–Crippen LogP) is 1.51. The van der Waals surface area contributed by atoms with E-state index < -0.39 is 0 Å². The van der Waals surface area contributed by atoms with Crippen molar-refractivity contribution in [3.8, 4) is 11.6 Å². The van der Waals surface area contributed by atoms with Crippen molar-refractivity contribution in [3.63, 3.8) is 0 Å². The van der Waals surface area contributed by atoms with Crippen molar-refractivity contribution in [3.05, 3.63) is 40.5 Å². The maximum atomic E-state index is 10.9. The molecule has 1 saturated heterocycles. The van der Waals surface area contributed by atoms with Gasteiger partial charge in [-0.15, -0.1) is 5.10 Å². The number of aromatic hydroxyl groups is 1. The van der Waals surface area contributed by atoms with Gasteiger partial charge in [-0.05, 0) is 24.6 Å². The Labute approximate surface area is 167 Å². The molecule has 3 aromatic rings. The van der Waals surface area contributed by atoms with Gasteiger partial charge in [0.2, 0.25) is 10.8 Å². The molecule has 0 bridgehead atoms. The van der Waals surface area contributed by atoms with E-state index in [9.17, 15) is 10.2 Å². The molecular formula is C19H25N5O3S. The van der Waals surface area contributed by atoms with Crippen LogP contribution in [-0.4, -0.2) is 81.1 Å². The van der Waals surface area contributed by atoms with Gasteiger partial charge in [0.15, 0.2) is 0 Å². The van der Waals surface area contributed by atoms with Gasteiger partial charge < -0.3 is 14.9 Å². The van der Waals surface area contributed by atoms with Gasteiger partial charge in [0.1, 0.15) is 11.6 Å². The minimum Gasteiger partial charge on any atom is -0.497 e. The fraction of sp³-hybridized carbons (Fsp3) is 0.474. The smallest absolute Gasteiger partial charge is 0.230 e. The summed E-state index contributed by atoms with van der Waals surface area (Å²) in [5, 5.41) is 24.4. The summed E-state index contributed by atoms with van der Waals surface area (Å²) in [6.45, 7) is 6.12. The molecule has 2 aromatic heterocycles. The third-order valence-electron chi connectivity index (χ3n) is 5.15. The Balaban J connectivity index is 1.72. The molecule has 2 N–H and O–H groups in total. The molecular weight excluding hydrogens is 378 g/mol. The maximum absolute atomic E-state index is 10.9. The predicted molar refractivity (Wildman–Crippen MR) is 107 cm³/mol. The van der Waals surface area contributed by atoms with Gasteiger partial charge in [-0.1, -0.05) is 23.5 Å². The Hall–Kier alpha value is -2.20. The molecule has 0 amide bonds. The van der Waals surface area contributed by atoms with Crippen LogP contribution in [0.1, 0.15) is 22.3 Å². The fourth-order valence-corrected chi connectivity index (χ4v) is 4.92. The van der Waals surface area contributed by atoms with E-state index in [2.05, 4.69) is 25.9 Å². The molecule has 0 aliphatic carbocycles. The summed E-state index contributed by atoms with van der Waals surface area (Å²) >= 11 is 1.47. The normalized spacial score (nSPS) is 17.2. The molecule has 4 rings (SSSR count). The highest BCUT2D eigenvalue weighted by Crippen LogP contribution is 2.40. The molecule has 9 heteroatoms. The number of aryl methyl sites for hydroxylation is 1. The molecule has 1 aromatic carbocycles. The van der Waals surface area contributed by atoms with Gasteiger partial charge in [-0.2, -0.15) is 4.52 Å². The lowest BCUT2D eigenvalue weighted by Crippen LogP contribution is -2.48. The first kappa shape index (κ1) is 19.1. The Morgan fingerprint density at radius 2 is 2.04 bits per heavy atom. The van der Waals surface area contributed by atoms with Crippen LogP contribution in [0.4, 0.5) is 0 Å². The minimum atomic E-state index is -0.111. The molecule has 1 aliphatic heterocycles. The van der Waals surface area contributed by atoms with Crippen LogP contribution in [-0.2, 0) is 0 Å². The first-order chi connectivity index (χ1) is 13.6. The maximum Gasteiger partial charge on any atom is 0.230 e. The first-order valence-electron chi connectivity index (χ1n) is 9.37. The van der Waals surface area contributed by atoms with Crippen molar-refractivity contribution in [2.24, 2.45) is 0 Å². The average Bonchev–Trinajstić information content (AvgIpc) is 3.21. The van der Waals surface area contributed by atoms with Crippen molar-refractivity contribution in [2.45, 2.75) is 13.0 Å². The Kier molecular flexibility index (Phi) is 5.49. The molecule has 0 saturated carbocycles. The number of β-amino-alcohol motifs (C(OH)–C–C–N with tert-alkyl or cyclic N) is 1. The van der Waals surface area contributed by atoms with Gasteiger partial charge in [-0.3, -0.25) is 9.80 Å². The van der Waals surface area contributed by atoms with E-state index in [0.29, 0.717) is 17.3 Å². The molecule has 1 unspecified atom stereocenters. The topological polar surface area (TPSA) is 86.4 Å². The van der Waals surface area contributed by atoms with Crippen molar-refractivity contribution in [2.75, 3.05) is 46.4 Å². The van der Waals surface area contributed by atoms with E-state index in [4.69, 9.17) is 4.74 Å². The summed E-state index contributed by atoms with van der Waals surface area (Å²) < 4.78 is 6.94. The number of ether oxygens (including phenoxy) is 1. The fourth-order valence-electron chi connectivity index (χ4n) is 3.75. The van der Waals surface area contributed by atoms with Gasteiger partial charge in [0.25, 0.3) is 0 Å². The number of methoxy groups -OCH3 is 1. The summed E-state index contributed by atoms with van der Waals surface area (Å²) in [6, 6.07) is 7.87.